The Morgan fingerprint density at radius 2 is 1.92 bits per heavy atom. The van der Waals surface area contributed by atoms with Crippen LogP contribution in [-0.2, 0) is 0 Å². The predicted molar refractivity (Wildman–Crippen MR) is 60.6 cm³/mol. The maximum Gasteiger partial charge on any atom is 0.0396 e. The average Bonchev–Trinajstić information content (AvgIpc) is 2.05. The molecule has 0 aromatic carbocycles. The third kappa shape index (κ3) is 3.49. The molecule has 0 aliphatic heterocycles. The van der Waals surface area contributed by atoms with Gasteiger partial charge < -0.3 is 5.32 Å². The minimum atomic E-state index is 0.560. The Balaban J connectivity index is 4.87. The van der Waals surface area contributed by atoms with E-state index in [1.807, 2.05) is 26.1 Å². The second kappa shape index (κ2) is 5.63. The molecule has 0 aliphatic rings. The highest BCUT2D eigenvalue weighted by molar-refractivity contribution is 5.39. The highest BCUT2D eigenvalue weighted by Crippen LogP contribution is 2.17. The smallest absolute Gasteiger partial charge is 0.0396 e. The molecule has 1 heteroatoms. The first-order valence-electron chi connectivity index (χ1n) is 4.75. The Morgan fingerprint density at radius 3 is 2.23 bits per heavy atom. The van der Waals surface area contributed by atoms with Crippen molar-refractivity contribution in [2.45, 2.75) is 27.7 Å². The van der Waals surface area contributed by atoms with E-state index in [-0.39, 0.29) is 0 Å². The van der Waals surface area contributed by atoms with Gasteiger partial charge in [0.25, 0.3) is 0 Å². The van der Waals surface area contributed by atoms with Crippen molar-refractivity contribution in [1.82, 2.24) is 5.32 Å². The highest BCUT2D eigenvalue weighted by atomic mass is 14.8. The van der Waals surface area contributed by atoms with Crippen LogP contribution in [0.5, 0.6) is 0 Å². The summed E-state index contributed by atoms with van der Waals surface area (Å²) in [5.74, 6) is 0.560. The summed E-state index contributed by atoms with van der Waals surface area (Å²) in [6, 6.07) is 0. The topological polar surface area (TPSA) is 12.0 Å². The number of hydrogen-bond acceptors (Lipinski definition) is 1. The SMILES string of the molecule is C=C(/C=C\C)/C(NC)=C(\C)C(C)C. The first-order valence-corrected chi connectivity index (χ1v) is 4.75. The van der Waals surface area contributed by atoms with Crippen molar-refractivity contribution in [3.05, 3.63) is 35.6 Å². The van der Waals surface area contributed by atoms with E-state index in [9.17, 15) is 0 Å². The third-order valence-electron chi connectivity index (χ3n) is 2.20. The van der Waals surface area contributed by atoms with Crippen LogP contribution in [0.3, 0.4) is 0 Å². The fourth-order valence-corrected chi connectivity index (χ4v) is 1.18. The maximum atomic E-state index is 4.01. The van der Waals surface area contributed by atoms with Gasteiger partial charge in [0, 0.05) is 12.7 Å². The zero-order valence-corrected chi connectivity index (χ0v) is 9.44. The van der Waals surface area contributed by atoms with Gasteiger partial charge in [-0.15, -0.1) is 0 Å². The summed E-state index contributed by atoms with van der Waals surface area (Å²) in [5, 5.41) is 3.20. The molecule has 13 heavy (non-hydrogen) atoms. The van der Waals surface area contributed by atoms with E-state index in [0.29, 0.717) is 5.92 Å². The maximum absolute atomic E-state index is 4.01. The fraction of sp³-hybridized carbons (Fsp3) is 0.500. The third-order valence-corrected chi connectivity index (χ3v) is 2.20. The number of likely N-dealkylation sites (N-methyl/N-ethyl adjacent to an activating group) is 1. The molecule has 0 unspecified atom stereocenters. The largest absolute Gasteiger partial charge is 0.388 e. The average molecular weight is 179 g/mol. The lowest BCUT2D eigenvalue weighted by molar-refractivity contribution is 0.743. The van der Waals surface area contributed by atoms with Crippen LogP contribution < -0.4 is 5.32 Å². The van der Waals surface area contributed by atoms with Gasteiger partial charge in [0.1, 0.15) is 0 Å². The van der Waals surface area contributed by atoms with Crippen LogP contribution in [0, 0.1) is 5.92 Å². The van der Waals surface area contributed by atoms with E-state index >= 15 is 0 Å². The lowest BCUT2D eigenvalue weighted by atomic mass is 9.99. The molecule has 0 atom stereocenters. The van der Waals surface area contributed by atoms with Gasteiger partial charge in [0.15, 0.2) is 0 Å². The van der Waals surface area contributed by atoms with E-state index in [4.69, 9.17) is 0 Å². The van der Waals surface area contributed by atoms with Crippen molar-refractivity contribution in [1.29, 1.82) is 0 Å². The van der Waals surface area contributed by atoms with Gasteiger partial charge in [-0.05, 0) is 30.9 Å². The highest BCUT2D eigenvalue weighted by Gasteiger charge is 2.05. The Morgan fingerprint density at radius 1 is 1.38 bits per heavy atom. The zero-order valence-electron chi connectivity index (χ0n) is 9.44. The van der Waals surface area contributed by atoms with E-state index in [0.717, 1.165) is 11.3 Å². The summed E-state index contributed by atoms with van der Waals surface area (Å²) in [6.07, 6.45) is 4.03. The number of allylic oxidation sites excluding steroid dienone is 3. The second-order valence-electron chi connectivity index (χ2n) is 3.49. The molecule has 0 aliphatic carbocycles. The Hall–Kier alpha value is -0.980. The first kappa shape index (κ1) is 12.0. The quantitative estimate of drug-likeness (QED) is 0.653. The Labute approximate surface area is 82.2 Å². The summed E-state index contributed by atoms with van der Waals surface area (Å²) in [4.78, 5) is 0. The fourth-order valence-electron chi connectivity index (χ4n) is 1.18. The molecule has 0 rings (SSSR count). The summed E-state index contributed by atoms with van der Waals surface area (Å²) in [7, 11) is 1.94. The zero-order chi connectivity index (χ0) is 10.4. The molecule has 0 spiro atoms. The molecule has 0 aromatic heterocycles. The number of hydrogen-bond donors (Lipinski definition) is 1. The van der Waals surface area contributed by atoms with E-state index in [1.54, 1.807) is 0 Å². The van der Waals surface area contributed by atoms with Crippen molar-refractivity contribution < 1.29 is 0 Å². The number of nitrogens with one attached hydrogen (secondary N) is 1. The molecule has 0 fully saturated rings. The molecule has 0 bridgehead atoms. The van der Waals surface area contributed by atoms with Gasteiger partial charge in [0.2, 0.25) is 0 Å². The molecule has 1 nitrogen and oxygen atoms in total. The summed E-state index contributed by atoms with van der Waals surface area (Å²) < 4.78 is 0. The van der Waals surface area contributed by atoms with Crippen molar-refractivity contribution in [3.63, 3.8) is 0 Å². The molecule has 0 radical (unpaired) electrons. The van der Waals surface area contributed by atoms with Gasteiger partial charge in [-0.1, -0.05) is 32.6 Å². The van der Waals surface area contributed by atoms with Crippen LogP contribution in [0.15, 0.2) is 35.6 Å². The van der Waals surface area contributed by atoms with Crippen LogP contribution in [0.4, 0.5) is 0 Å². The molecule has 0 saturated carbocycles. The molecule has 0 saturated heterocycles. The Kier molecular flexibility index (Phi) is 5.20. The normalized spacial score (nSPS) is 13.4. The van der Waals surface area contributed by atoms with Gasteiger partial charge >= 0.3 is 0 Å². The van der Waals surface area contributed by atoms with Crippen LogP contribution in [0.1, 0.15) is 27.7 Å². The van der Waals surface area contributed by atoms with Crippen LogP contribution in [0.2, 0.25) is 0 Å². The van der Waals surface area contributed by atoms with Gasteiger partial charge in [-0.3, -0.25) is 0 Å². The van der Waals surface area contributed by atoms with Crippen molar-refractivity contribution in [2.24, 2.45) is 5.92 Å². The van der Waals surface area contributed by atoms with E-state index in [1.165, 1.54) is 5.57 Å². The van der Waals surface area contributed by atoms with E-state index in [2.05, 4.69) is 32.7 Å². The molecular weight excluding hydrogens is 158 g/mol. The second-order valence-corrected chi connectivity index (χ2v) is 3.49. The summed E-state index contributed by atoms with van der Waals surface area (Å²) in [5.41, 5.74) is 3.56. The monoisotopic (exact) mass is 179 g/mol. The van der Waals surface area contributed by atoms with Crippen molar-refractivity contribution in [2.75, 3.05) is 7.05 Å². The lowest BCUT2D eigenvalue weighted by Crippen LogP contribution is -2.11. The molecule has 0 aromatic rings. The minimum absolute atomic E-state index is 0.560. The standard InChI is InChI=1S/C12H21N/c1-7-8-10(4)12(13-6)11(5)9(2)3/h7-9,13H,4H2,1-3,5-6H3/b8-7-,12-11-. The predicted octanol–water partition coefficient (Wildman–Crippen LogP) is 3.27. The van der Waals surface area contributed by atoms with Gasteiger partial charge in [-0.2, -0.15) is 0 Å². The van der Waals surface area contributed by atoms with Crippen molar-refractivity contribution in [3.8, 4) is 0 Å². The minimum Gasteiger partial charge on any atom is -0.388 e. The molecular formula is C12H21N. The van der Waals surface area contributed by atoms with Crippen LogP contribution >= 0.6 is 0 Å². The van der Waals surface area contributed by atoms with Gasteiger partial charge in [0.05, 0.1) is 0 Å². The number of rotatable bonds is 4. The summed E-state index contributed by atoms with van der Waals surface area (Å²) in [6.45, 7) is 12.5. The summed E-state index contributed by atoms with van der Waals surface area (Å²) >= 11 is 0. The molecule has 74 valence electrons. The lowest BCUT2D eigenvalue weighted by Gasteiger charge is -2.14. The van der Waals surface area contributed by atoms with Crippen molar-refractivity contribution >= 4 is 0 Å². The van der Waals surface area contributed by atoms with Crippen LogP contribution in [0.25, 0.3) is 0 Å². The Bertz CT molecular complexity index is 232. The van der Waals surface area contributed by atoms with E-state index < -0.39 is 0 Å². The molecule has 1 N–H and O–H groups in total. The van der Waals surface area contributed by atoms with Gasteiger partial charge in [-0.25, -0.2) is 0 Å². The molecule has 0 heterocycles. The first-order chi connectivity index (χ1) is 6.04. The molecule has 0 amide bonds. The van der Waals surface area contributed by atoms with Crippen LogP contribution in [-0.4, -0.2) is 7.05 Å².